The van der Waals surface area contributed by atoms with E-state index < -0.39 is 0 Å². The lowest BCUT2D eigenvalue weighted by molar-refractivity contribution is 0.176. The molecule has 1 aliphatic rings. The van der Waals surface area contributed by atoms with Gasteiger partial charge in [-0.2, -0.15) is 0 Å². The molecule has 4 nitrogen and oxygen atoms in total. The number of aromatic nitrogens is 2. The molecule has 0 atom stereocenters. The Morgan fingerprint density at radius 3 is 2.81 bits per heavy atom. The number of methoxy groups -OCH3 is 1. The van der Waals surface area contributed by atoms with E-state index >= 15 is 0 Å². The standard InChI is InChI=1S/C16H18ClN3O/c1-21-11-15-18-14-7-8-20(10-13(14)16(17)19-15)9-12-5-3-2-4-6-12/h2-6H,7-11H2,1H3. The summed E-state index contributed by atoms with van der Waals surface area (Å²) in [5.41, 5.74) is 3.43. The number of hydrogen-bond donors (Lipinski definition) is 0. The summed E-state index contributed by atoms with van der Waals surface area (Å²) < 4.78 is 5.08. The van der Waals surface area contributed by atoms with Crippen molar-refractivity contribution in [1.29, 1.82) is 0 Å². The SMILES string of the molecule is COCc1nc(Cl)c2c(n1)CCN(Cc1ccccc1)C2. The zero-order valence-corrected chi connectivity index (χ0v) is 12.8. The van der Waals surface area contributed by atoms with Crippen molar-refractivity contribution in [3.05, 3.63) is 58.1 Å². The summed E-state index contributed by atoms with van der Waals surface area (Å²) in [5, 5.41) is 0.560. The lowest BCUT2D eigenvalue weighted by Gasteiger charge is -2.28. The second-order valence-corrected chi connectivity index (χ2v) is 5.59. The van der Waals surface area contributed by atoms with E-state index in [0.29, 0.717) is 17.6 Å². The maximum absolute atomic E-state index is 6.32. The van der Waals surface area contributed by atoms with Crippen molar-refractivity contribution in [2.75, 3.05) is 13.7 Å². The molecular formula is C16H18ClN3O. The van der Waals surface area contributed by atoms with Crippen LogP contribution in [-0.4, -0.2) is 28.5 Å². The first kappa shape index (κ1) is 14.4. The lowest BCUT2D eigenvalue weighted by atomic mass is 10.1. The summed E-state index contributed by atoms with van der Waals surface area (Å²) in [4.78, 5) is 11.3. The van der Waals surface area contributed by atoms with Crippen LogP contribution < -0.4 is 0 Å². The molecule has 0 saturated heterocycles. The molecule has 0 N–H and O–H groups in total. The van der Waals surface area contributed by atoms with E-state index in [1.807, 2.05) is 6.07 Å². The summed E-state index contributed by atoms with van der Waals surface area (Å²) in [6.45, 7) is 3.12. The Morgan fingerprint density at radius 1 is 1.24 bits per heavy atom. The van der Waals surface area contributed by atoms with E-state index in [1.54, 1.807) is 7.11 Å². The third-order valence-electron chi connectivity index (χ3n) is 3.66. The first-order chi connectivity index (χ1) is 10.3. The van der Waals surface area contributed by atoms with Gasteiger partial charge < -0.3 is 4.74 Å². The molecule has 110 valence electrons. The van der Waals surface area contributed by atoms with Crippen LogP contribution in [0.15, 0.2) is 30.3 Å². The fourth-order valence-corrected chi connectivity index (χ4v) is 2.91. The minimum absolute atomic E-state index is 0.404. The Balaban J connectivity index is 1.76. The van der Waals surface area contributed by atoms with Crippen LogP contribution in [0.1, 0.15) is 22.6 Å². The molecule has 3 rings (SSSR count). The predicted octanol–water partition coefficient (Wildman–Crippen LogP) is 2.83. The molecule has 2 heterocycles. The third-order valence-corrected chi connectivity index (χ3v) is 3.97. The quantitative estimate of drug-likeness (QED) is 0.814. The fraction of sp³-hybridized carbons (Fsp3) is 0.375. The fourth-order valence-electron chi connectivity index (χ4n) is 2.65. The average Bonchev–Trinajstić information content (AvgIpc) is 2.49. The number of rotatable bonds is 4. The summed E-state index contributed by atoms with van der Waals surface area (Å²) in [7, 11) is 1.64. The predicted molar refractivity (Wildman–Crippen MR) is 82.0 cm³/mol. The van der Waals surface area contributed by atoms with E-state index in [2.05, 4.69) is 39.1 Å². The zero-order valence-electron chi connectivity index (χ0n) is 12.1. The molecule has 0 fully saturated rings. The van der Waals surface area contributed by atoms with Crippen LogP contribution >= 0.6 is 11.6 Å². The van der Waals surface area contributed by atoms with Gasteiger partial charge in [-0.05, 0) is 5.56 Å². The molecule has 0 radical (unpaired) electrons. The number of halogens is 1. The van der Waals surface area contributed by atoms with Gasteiger partial charge in [-0.15, -0.1) is 0 Å². The van der Waals surface area contributed by atoms with Crippen molar-refractivity contribution in [3.8, 4) is 0 Å². The Bertz CT molecular complexity index is 618. The topological polar surface area (TPSA) is 38.3 Å². The van der Waals surface area contributed by atoms with E-state index in [9.17, 15) is 0 Å². The summed E-state index contributed by atoms with van der Waals surface area (Å²) in [6, 6.07) is 10.5. The van der Waals surface area contributed by atoms with Crippen molar-refractivity contribution < 1.29 is 4.74 Å². The van der Waals surface area contributed by atoms with Crippen LogP contribution in [0.3, 0.4) is 0 Å². The van der Waals surface area contributed by atoms with Gasteiger partial charge in [0, 0.05) is 38.7 Å². The summed E-state index contributed by atoms with van der Waals surface area (Å²) >= 11 is 6.32. The average molecular weight is 304 g/mol. The van der Waals surface area contributed by atoms with E-state index in [-0.39, 0.29) is 0 Å². The molecule has 0 amide bonds. The van der Waals surface area contributed by atoms with E-state index in [4.69, 9.17) is 16.3 Å². The van der Waals surface area contributed by atoms with E-state index in [0.717, 1.165) is 37.3 Å². The molecule has 1 aromatic carbocycles. The van der Waals surface area contributed by atoms with Gasteiger partial charge in [-0.1, -0.05) is 41.9 Å². The Labute approximate surface area is 129 Å². The van der Waals surface area contributed by atoms with Crippen LogP contribution in [0.25, 0.3) is 0 Å². The summed E-state index contributed by atoms with van der Waals surface area (Å²) in [5.74, 6) is 0.665. The van der Waals surface area contributed by atoms with Gasteiger partial charge in [0.2, 0.25) is 0 Å². The molecular weight excluding hydrogens is 286 g/mol. The third kappa shape index (κ3) is 3.40. The Hall–Kier alpha value is -1.49. The van der Waals surface area contributed by atoms with Crippen LogP contribution in [-0.2, 0) is 30.9 Å². The number of benzene rings is 1. The zero-order chi connectivity index (χ0) is 14.7. The van der Waals surface area contributed by atoms with Crippen LogP contribution in [0.2, 0.25) is 5.15 Å². The van der Waals surface area contributed by atoms with Gasteiger partial charge in [0.25, 0.3) is 0 Å². The molecule has 5 heteroatoms. The molecule has 21 heavy (non-hydrogen) atoms. The molecule has 0 aliphatic carbocycles. The van der Waals surface area contributed by atoms with Crippen molar-refractivity contribution in [3.63, 3.8) is 0 Å². The second-order valence-electron chi connectivity index (χ2n) is 5.24. The lowest BCUT2D eigenvalue weighted by Crippen LogP contribution is -2.31. The molecule has 0 saturated carbocycles. The number of nitrogens with zero attached hydrogens (tertiary/aromatic N) is 3. The normalized spacial score (nSPS) is 15.0. The molecule has 0 bridgehead atoms. The number of fused-ring (bicyclic) bond motifs is 1. The van der Waals surface area contributed by atoms with Crippen LogP contribution in [0.5, 0.6) is 0 Å². The molecule has 2 aromatic rings. The molecule has 1 aliphatic heterocycles. The maximum Gasteiger partial charge on any atom is 0.155 e. The maximum atomic E-state index is 6.32. The molecule has 1 aromatic heterocycles. The number of ether oxygens (including phenoxy) is 1. The van der Waals surface area contributed by atoms with Gasteiger partial charge >= 0.3 is 0 Å². The van der Waals surface area contributed by atoms with Crippen LogP contribution in [0, 0.1) is 0 Å². The van der Waals surface area contributed by atoms with Crippen molar-refractivity contribution in [2.45, 2.75) is 26.1 Å². The molecule has 0 unspecified atom stereocenters. The highest BCUT2D eigenvalue weighted by molar-refractivity contribution is 6.30. The smallest absolute Gasteiger partial charge is 0.155 e. The van der Waals surface area contributed by atoms with Gasteiger partial charge in [0.15, 0.2) is 5.82 Å². The van der Waals surface area contributed by atoms with Gasteiger partial charge in [-0.3, -0.25) is 4.90 Å². The number of hydrogen-bond acceptors (Lipinski definition) is 4. The van der Waals surface area contributed by atoms with Crippen molar-refractivity contribution >= 4 is 11.6 Å². The minimum Gasteiger partial charge on any atom is -0.377 e. The van der Waals surface area contributed by atoms with Gasteiger partial charge in [-0.25, -0.2) is 9.97 Å². The summed E-state index contributed by atoms with van der Waals surface area (Å²) in [6.07, 6.45) is 0.904. The van der Waals surface area contributed by atoms with Gasteiger partial charge in [0.1, 0.15) is 11.8 Å². The Kier molecular flexibility index (Phi) is 4.48. The van der Waals surface area contributed by atoms with Crippen molar-refractivity contribution in [1.82, 2.24) is 14.9 Å². The highest BCUT2D eigenvalue weighted by Crippen LogP contribution is 2.25. The first-order valence-corrected chi connectivity index (χ1v) is 7.43. The minimum atomic E-state index is 0.404. The monoisotopic (exact) mass is 303 g/mol. The second kappa shape index (κ2) is 6.52. The highest BCUT2D eigenvalue weighted by Gasteiger charge is 2.21. The highest BCUT2D eigenvalue weighted by atomic mass is 35.5. The van der Waals surface area contributed by atoms with Crippen molar-refractivity contribution in [2.24, 2.45) is 0 Å². The Morgan fingerprint density at radius 2 is 2.05 bits per heavy atom. The van der Waals surface area contributed by atoms with Gasteiger partial charge in [0.05, 0.1) is 5.69 Å². The van der Waals surface area contributed by atoms with Crippen LogP contribution in [0.4, 0.5) is 0 Å². The molecule has 0 spiro atoms. The van der Waals surface area contributed by atoms with E-state index in [1.165, 1.54) is 5.56 Å². The first-order valence-electron chi connectivity index (χ1n) is 7.05. The largest absolute Gasteiger partial charge is 0.377 e.